The Labute approximate surface area is 86.8 Å². The van der Waals surface area contributed by atoms with Gasteiger partial charge in [-0.15, -0.1) is 0 Å². The molecular weight excluding hydrogens is 172 g/mol. The van der Waals surface area contributed by atoms with Crippen molar-refractivity contribution in [1.29, 1.82) is 0 Å². The van der Waals surface area contributed by atoms with E-state index in [0.29, 0.717) is 6.61 Å². The maximum Gasteiger partial charge on any atom is 0.0434 e. The molecule has 1 heteroatoms. The maximum absolute atomic E-state index is 8.74. The first-order chi connectivity index (χ1) is 6.86. The molecule has 0 aromatic heterocycles. The van der Waals surface area contributed by atoms with Gasteiger partial charge in [0.15, 0.2) is 0 Å². The van der Waals surface area contributed by atoms with Crippen molar-refractivity contribution in [2.75, 3.05) is 6.61 Å². The zero-order valence-corrected chi connectivity index (χ0v) is 9.00. The summed E-state index contributed by atoms with van der Waals surface area (Å²) in [4.78, 5) is 0. The molecule has 0 aliphatic carbocycles. The first-order valence-corrected chi connectivity index (χ1v) is 5.55. The van der Waals surface area contributed by atoms with Crippen LogP contribution in [0.25, 0.3) is 0 Å². The van der Waals surface area contributed by atoms with E-state index < -0.39 is 0 Å². The molecule has 1 rings (SSSR count). The summed E-state index contributed by atoms with van der Waals surface area (Å²) in [5, 5.41) is 8.74. The van der Waals surface area contributed by atoms with Gasteiger partial charge < -0.3 is 5.11 Å². The summed E-state index contributed by atoms with van der Waals surface area (Å²) < 4.78 is 0. The monoisotopic (exact) mass is 192 g/mol. The standard InChI is InChI=1S/C13H20O/c1-2-3-6-12-7-4-8-13(11-12)9-5-10-14/h4,7-8,11,14H,2-3,5-6,9-10H2,1H3. The Morgan fingerprint density at radius 3 is 2.29 bits per heavy atom. The minimum absolute atomic E-state index is 0.291. The van der Waals surface area contributed by atoms with E-state index in [1.807, 2.05) is 0 Å². The van der Waals surface area contributed by atoms with E-state index in [1.54, 1.807) is 0 Å². The minimum atomic E-state index is 0.291. The third kappa shape index (κ3) is 3.93. The molecule has 0 aliphatic heterocycles. The fourth-order valence-electron chi connectivity index (χ4n) is 1.60. The lowest BCUT2D eigenvalue weighted by Crippen LogP contribution is -1.91. The smallest absolute Gasteiger partial charge is 0.0434 e. The van der Waals surface area contributed by atoms with E-state index in [4.69, 9.17) is 5.11 Å². The lowest BCUT2D eigenvalue weighted by molar-refractivity contribution is 0.288. The molecule has 1 N–H and O–H groups in total. The highest BCUT2D eigenvalue weighted by Crippen LogP contribution is 2.10. The van der Waals surface area contributed by atoms with Gasteiger partial charge >= 0.3 is 0 Å². The van der Waals surface area contributed by atoms with Gasteiger partial charge in [-0.05, 0) is 36.8 Å². The Kier molecular flexibility index (Phi) is 5.31. The highest BCUT2D eigenvalue weighted by Gasteiger charge is 1.95. The Morgan fingerprint density at radius 1 is 1.07 bits per heavy atom. The average Bonchev–Trinajstić information content (AvgIpc) is 2.24. The van der Waals surface area contributed by atoms with Gasteiger partial charge in [0.1, 0.15) is 0 Å². The summed E-state index contributed by atoms with van der Waals surface area (Å²) in [6.07, 6.45) is 5.57. The number of aryl methyl sites for hydroxylation is 2. The van der Waals surface area contributed by atoms with Gasteiger partial charge in [-0.25, -0.2) is 0 Å². The van der Waals surface area contributed by atoms with Crippen LogP contribution in [0.2, 0.25) is 0 Å². The molecule has 1 aromatic carbocycles. The number of aliphatic hydroxyl groups excluding tert-OH is 1. The second-order valence-electron chi connectivity index (χ2n) is 3.75. The molecule has 0 saturated carbocycles. The molecular formula is C13H20O. The van der Waals surface area contributed by atoms with E-state index >= 15 is 0 Å². The zero-order valence-electron chi connectivity index (χ0n) is 9.00. The molecule has 1 aromatic rings. The summed E-state index contributed by atoms with van der Waals surface area (Å²) in [6.45, 7) is 2.51. The first kappa shape index (κ1) is 11.3. The average molecular weight is 192 g/mol. The van der Waals surface area contributed by atoms with Crippen LogP contribution < -0.4 is 0 Å². The van der Waals surface area contributed by atoms with Crippen molar-refractivity contribution in [3.05, 3.63) is 35.4 Å². The van der Waals surface area contributed by atoms with E-state index in [0.717, 1.165) is 12.8 Å². The maximum atomic E-state index is 8.74. The van der Waals surface area contributed by atoms with Crippen molar-refractivity contribution >= 4 is 0 Å². The van der Waals surface area contributed by atoms with Crippen LogP contribution >= 0.6 is 0 Å². The van der Waals surface area contributed by atoms with Gasteiger partial charge in [0.05, 0.1) is 0 Å². The fraction of sp³-hybridized carbons (Fsp3) is 0.538. The number of hydrogen-bond donors (Lipinski definition) is 1. The van der Waals surface area contributed by atoms with Gasteiger partial charge in [0.2, 0.25) is 0 Å². The molecule has 0 fully saturated rings. The molecule has 0 radical (unpaired) electrons. The summed E-state index contributed by atoms with van der Waals surface area (Å²) >= 11 is 0. The van der Waals surface area contributed by atoms with Gasteiger partial charge in [-0.3, -0.25) is 0 Å². The van der Waals surface area contributed by atoms with Crippen molar-refractivity contribution < 1.29 is 5.11 Å². The zero-order chi connectivity index (χ0) is 10.2. The number of aliphatic hydroxyl groups is 1. The number of rotatable bonds is 6. The Hall–Kier alpha value is -0.820. The van der Waals surface area contributed by atoms with Gasteiger partial charge in [-0.1, -0.05) is 37.6 Å². The Morgan fingerprint density at radius 2 is 1.71 bits per heavy atom. The van der Waals surface area contributed by atoms with Crippen LogP contribution in [0.15, 0.2) is 24.3 Å². The molecule has 0 saturated heterocycles. The summed E-state index contributed by atoms with van der Waals surface area (Å²) in [7, 11) is 0. The van der Waals surface area contributed by atoms with E-state index in [1.165, 1.54) is 30.4 Å². The summed E-state index contributed by atoms with van der Waals surface area (Å²) in [5.41, 5.74) is 2.79. The van der Waals surface area contributed by atoms with Crippen LogP contribution in [0, 0.1) is 0 Å². The largest absolute Gasteiger partial charge is 0.396 e. The predicted molar refractivity (Wildman–Crippen MR) is 60.5 cm³/mol. The van der Waals surface area contributed by atoms with Crippen molar-refractivity contribution in [3.8, 4) is 0 Å². The van der Waals surface area contributed by atoms with Crippen molar-refractivity contribution in [2.24, 2.45) is 0 Å². The fourth-order valence-corrected chi connectivity index (χ4v) is 1.60. The second-order valence-corrected chi connectivity index (χ2v) is 3.75. The molecule has 14 heavy (non-hydrogen) atoms. The lowest BCUT2D eigenvalue weighted by Gasteiger charge is -2.03. The van der Waals surface area contributed by atoms with Crippen LogP contribution in [-0.4, -0.2) is 11.7 Å². The van der Waals surface area contributed by atoms with Crippen LogP contribution in [-0.2, 0) is 12.8 Å². The molecule has 1 nitrogen and oxygen atoms in total. The topological polar surface area (TPSA) is 20.2 Å². The van der Waals surface area contributed by atoms with E-state index in [2.05, 4.69) is 31.2 Å². The van der Waals surface area contributed by atoms with Crippen LogP contribution in [0.3, 0.4) is 0 Å². The lowest BCUT2D eigenvalue weighted by atomic mass is 10.0. The molecule has 78 valence electrons. The molecule has 0 aliphatic rings. The van der Waals surface area contributed by atoms with Crippen molar-refractivity contribution in [3.63, 3.8) is 0 Å². The predicted octanol–water partition coefficient (Wildman–Crippen LogP) is 2.95. The molecule has 0 amide bonds. The molecule has 0 unspecified atom stereocenters. The molecule has 0 bridgehead atoms. The van der Waals surface area contributed by atoms with E-state index in [-0.39, 0.29) is 0 Å². The van der Waals surface area contributed by atoms with Gasteiger partial charge in [0.25, 0.3) is 0 Å². The van der Waals surface area contributed by atoms with Crippen LogP contribution in [0.1, 0.15) is 37.3 Å². The Bertz CT molecular complexity index is 232. The third-order valence-corrected chi connectivity index (χ3v) is 2.43. The van der Waals surface area contributed by atoms with Gasteiger partial charge in [0, 0.05) is 6.61 Å². The molecule has 0 heterocycles. The highest BCUT2D eigenvalue weighted by molar-refractivity contribution is 5.23. The third-order valence-electron chi connectivity index (χ3n) is 2.43. The number of benzene rings is 1. The number of hydrogen-bond acceptors (Lipinski definition) is 1. The first-order valence-electron chi connectivity index (χ1n) is 5.55. The minimum Gasteiger partial charge on any atom is -0.396 e. The quantitative estimate of drug-likeness (QED) is 0.734. The highest BCUT2D eigenvalue weighted by atomic mass is 16.2. The Balaban J connectivity index is 2.50. The van der Waals surface area contributed by atoms with Crippen LogP contribution in [0.4, 0.5) is 0 Å². The SMILES string of the molecule is CCCCc1cccc(CCCO)c1. The van der Waals surface area contributed by atoms with Crippen molar-refractivity contribution in [1.82, 2.24) is 0 Å². The van der Waals surface area contributed by atoms with Crippen LogP contribution in [0.5, 0.6) is 0 Å². The van der Waals surface area contributed by atoms with Crippen molar-refractivity contribution in [2.45, 2.75) is 39.0 Å². The number of unbranched alkanes of at least 4 members (excludes halogenated alkanes) is 1. The van der Waals surface area contributed by atoms with E-state index in [9.17, 15) is 0 Å². The summed E-state index contributed by atoms with van der Waals surface area (Å²) in [6, 6.07) is 8.73. The van der Waals surface area contributed by atoms with Gasteiger partial charge in [-0.2, -0.15) is 0 Å². The summed E-state index contributed by atoms with van der Waals surface area (Å²) in [5.74, 6) is 0. The normalized spacial score (nSPS) is 10.4. The molecule has 0 spiro atoms. The second kappa shape index (κ2) is 6.61. The molecule has 0 atom stereocenters.